The zero-order valence-corrected chi connectivity index (χ0v) is 12.1. The second-order valence-electron chi connectivity index (χ2n) is 4.68. The Kier molecular flexibility index (Phi) is 4.17. The van der Waals surface area contributed by atoms with Crippen molar-refractivity contribution < 1.29 is 19.7 Å². The number of rotatable bonds is 4. The summed E-state index contributed by atoms with van der Waals surface area (Å²) in [4.78, 5) is 20.3. The van der Waals surface area contributed by atoms with E-state index in [1.807, 2.05) is 6.92 Å². The van der Waals surface area contributed by atoms with Crippen molar-refractivity contribution in [3.8, 4) is 11.5 Å². The van der Waals surface area contributed by atoms with Crippen molar-refractivity contribution in [1.29, 1.82) is 0 Å². The normalized spacial score (nSPS) is 21.6. The van der Waals surface area contributed by atoms with Crippen molar-refractivity contribution in [1.82, 2.24) is 4.98 Å². The first-order chi connectivity index (χ1) is 9.46. The van der Waals surface area contributed by atoms with Crippen LogP contribution in [0.3, 0.4) is 0 Å². The van der Waals surface area contributed by atoms with Crippen molar-refractivity contribution in [3.05, 3.63) is 18.0 Å². The third-order valence-corrected chi connectivity index (χ3v) is 4.04. The molecule has 1 aliphatic heterocycles. The molecule has 108 valence electrons. The fraction of sp³-hybridized carbons (Fsp3) is 0.462. The van der Waals surface area contributed by atoms with Gasteiger partial charge in [0.1, 0.15) is 22.2 Å². The number of pyridine rings is 1. The highest BCUT2D eigenvalue weighted by Gasteiger charge is 2.40. The summed E-state index contributed by atoms with van der Waals surface area (Å²) in [5.41, 5.74) is -0.693. The van der Waals surface area contributed by atoms with Gasteiger partial charge in [0.05, 0.1) is 12.8 Å². The molecule has 20 heavy (non-hydrogen) atoms. The number of hydrogen-bond acceptors (Lipinski definition) is 7. The van der Waals surface area contributed by atoms with Crippen LogP contribution in [0.1, 0.15) is 26.0 Å². The predicted molar refractivity (Wildman–Crippen MR) is 76.2 cm³/mol. The van der Waals surface area contributed by atoms with Crippen LogP contribution in [0, 0.1) is 0 Å². The highest BCUT2D eigenvalue weighted by molar-refractivity contribution is 8.14. The Balaban J connectivity index is 2.23. The molecular formula is C13H16N2O4S. The van der Waals surface area contributed by atoms with E-state index in [0.29, 0.717) is 17.4 Å². The second kappa shape index (κ2) is 5.70. The molecule has 0 aromatic carbocycles. The quantitative estimate of drug-likeness (QED) is 0.822. The number of nitrogens with zero attached hydrogens (tertiary/aromatic N) is 2. The maximum atomic E-state index is 12.0. The number of esters is 1. The van der Waals surface area contributed by atoms with Gasteiger partial charge in [-0.2, -0.15) is 0 Å². The number of ether oxygens (including phenoxy) is 1. The molecule has 2 N–H and O–H groups in total. The van der Waals surface area contributed by atoms with Gasteiger partial charge in [-0.3, -0.25) is 4.99 Å². The summed E-state index contributed by atoms with van der Waals surface area (Å²) in [6.45, 7) is 3.99. The topological polar surface area (TPSA) is 92.0 Å². The van der Waals surface area contributed by atoms with Crippen molar-refractivity contribution in [2.24, 2.45) is 4.99 Å². The molecule has 0 amide bonds. The molecule has 7 heteroatoms. The van der Waals surface area contributed by atoms with E-state index in [9.17, 15) is 15.0 Å². The van der Waals surface area contributed by atoms with Crippen molar-refractivity contribution in [2.45, 2.75) is 25.8 Å². The summed E-state index contributed by atoms with van der Waals surface area (Å²) in [7, 11) is 0. The number of thioether (sulfide) groups is 1. The fourth-order valence-electron chi connectivity index (χ4n) is 1.68. The smallest absolute Gasteiger partial charge is 0.334 e. The van der Waals surface area contributed by atoms with Crippen LogP contribution in [0.5, 0.6) is 11.5 Å². The predicted octanol–water partition coefficient (Wildman–Crippen LogP) is 1.70. The van der Waals surface area contributed by atoms with Crippen LogP contribution in [0.4, 0.5) is 0 Å². The third kappa shape index (κ3) is 2.87. The molecule has 2 rings (SSSR count). The van der Waals surface area contributed by atoms with Gasteiger partial charge in [0.25, 0.3) is 0 Å². The molecule has 0 radical (unpaired) electrons. The minimum absolute atomic E-state index is 0.125. The highest BCUT2D eigenvalue weighted by Crippen LogP contribution is 2.34. The molecule has 0 spiro atoms. The highest BCUT2D eigenvalue weighted by atomic mass is 32.2. The number of carbonyl (C=O) groups excluding carboxylic acids is 1. The first kappa shape index (κ1) is 14.6. The average Bonchev–Trinajstić information content (AvgIpc) is 2.79. The lowest BCUT2D eigenvalue weighted by Gasteiger charge is -2.17. The number of aromatic hydroxyl groups is 2. The van der Waals surface area contributed by atoms with Gasteiger partial charge in [-0.05, 0) is 13.3 Å². The monoisotopic (exact) mass is 296 g/mol. The molecule has 1 atom stereocenters. The summed E-state index contributed by atoms with van der Waals surface area (Å²) in [6, 6.07) is 1.19. The van der Waals surface area contributed by atoms with E-state index in [0.717, 1.165) is 6.42 Å². The van der Waals surface area contributed by atoms with Gasteiger partial charge in [0.15, 0.2) is 5.54 Å². The molecule has 6 nitrogen and oxygen atoms in total. The third-order valence-electron chi connectivity index (χ3n) is 2.77. The van der Waals surface area contributed by atoms with Gasteiger partial charge in [-0.25, -0.2) is 9.78 Å². The molecule has 0 saturated heterocycles. The van der Waals surface area contributed by atoms with Crippen molar-refractivity contribution in [3.63, 3.8) is 0 Å². The Morgan fingerprint density at radius 3 is 2.95 bits per heavy atom. The zero-order chi connectivity index (χ0) is 14.8. The van der Waals surface area contributed by atoms with Crippen LogP contribution in [-0.2, 0) is 9.53 Å². The van der Waals surface area contributed by atoms with E-state index in [4.69, 9.17) is 4.74 Å². The lowest BCUT2D eigenvalue weighted by Crippen LogP contribution is -2.35. The minimum atomic E-state index is -0.957. The van der Waals surface area contributed by atoms with Gasteiger partial charge in [0, 0.05) is 11.8 Å². The van der Waals surface area contributed by atoms with Crippen LogP contribution in [0.15, 0.2) is 17.3 Å². The maximum absolute atomic E-state index is 12.0. The van der Waals surface area contributed by atoms with Gasteiger partial charge in [0.2, 0.25) is 0 Å². The van der Waals surface area contributed by atoms with Crippen LogP contribution in [0.25, 0.3) is 0 Å². The van der Waals surface area contributed by atoms with Gasteiger partial charge in [-0.1, -0.05) is 6.92 Å². The Labute approximate surface area is 120 Å². The molecule has 0 unspecified atom stereocenters. The van der Waals surface area contributed by atoms with E-state index in [1.54, 1.807) is 6.92 Å². The first-order valence-corrected chi connectivity index (χ1v) is 7.23. The summed E-state index contributed by atoms with van der Waals surface area (Å²) in [5, 5.41) is 19.5. The Morgan fingerprint density at radius 2 is 2.30 bits per heavy atom. The van der Waals surface area contributed by atoms with E-state index >= 15 is 0 Å². The largest absolute Gasteiger partial charge is 0.506 e. The van der Waals surface area contributed by atoms with E-state index in [-0.39, 0.29) is 23.2 Å². The number of hydrogen-bond donors (Lipinski definition) is 2. The number of carbonyl (C=O) groups is 1. The molecule has 0 fully saturated rings. The SMILES string of the molecule is CCCOC(=O)[C@@]1(C)CSC(c2ncc(O)cc2O)=N1. The molecule has 2 heterocycles. The first-order valence-electron chi connectivity index (χ1n) is 6.24. The Bertz CT molecular complexity index is 561. The van der Waals surface area contributed by atoms with Crippen LogP contribution in [0.2, 0.25) is 0 Å². The van der Waals surface area contributed by atoms with Crippen LogP contribution >= 0.6 is 11.8 Å². The van der Waals surface area contributed by atoms with E-state index < -0.39 is 5.54 Å². The fourth-order valence-corrected chi connectivity index (χ4v) is 2.84. The standard InChI is InChI=1S/C13H16N2O4S/c1-3-4-19-12(18)13(2)7-20-11(15-13)10-9(17)5-8(16)6-14-10/h5-6,16-17H,3-4,7H2,1-2H3/t13-/m1/s1. The molecule has 0 bridgehead atoms. The van der Waals surface area contributed by atoms with Crippen LogP contribution in [-0.4, -0.2) is 44.1 Å². The maximum Gasteiger partial charge on any atom is 0.334 e. The Morgan fingerprint density at radius 1 is 1.55 bits per heavy atom. The molecule has 0 aliphatic carbocycles. The van der Waals surface area contributed by atoms with Crippen molar-refractivity contribution >= 4 is 22.8 Å². The number of aliphatic imine (C=N–C) groups is 1. The summed E-state index contributed by atoms with van der Waals surface area (Å²) in [5.74, 6) is -0.227. The van der Waals surface area contributed by atoms with E-state index in [1.165, 1.54) is 24.0 Å². The molecule has 0 saturated carbocycles. The zero-order valence-electron chi connectivity index (χ0n) is 11.3. The number of aromatic nitrogens is 1. The van der Waals surface area contributed by atoms with Crippen molar-refractivity contribution in [2.75, 3.05) is 12.4 Å². The van der Waals surface area contributed by atoms with Gasteiger partial charge in [-0.15, -0.1) is 11.8 Å². The summed E-state index contributed by atoms with van der Waals surface area (Å²) < 4.78 is 5.13. The van der Waals surface area contributed by atoms with E-state index in [2.05, 4.69) is 9.98 Å². The Hall–Kier alpha value is -1.76. The second-order valence-corrected chi connectivity index (χ2v) is 5.64. The molecule has 1 aromatic rings. The average molecular weight is 296 g/mol. The minimum Gasteiger partial charge on any atom is -0.506 e. The summed E-state index contributed by atoms with van der Waals surface area (Å²) in [6.07, 6.45) is 1.98. The lowest BCUT2D eigenvalue weighted by molar-refractivity contribution is -0.148. The molecule has 1 aromatic heterocycles. The van der Waals surface area contributed by atoms with Gasteiger partial charge < -0.3 is 14.9 Å². The molecule has 1 aliphatic rings. The lowest BCUT2D eigenvalue weighted by atomic mass is 10.1. The molecular weight excluding hydrogens is 280 g/mol. The van der Waals surface area contributed by atoms with Gasteiger partial charge >= 0.3 is 5.97 Å². The summed E-state index contributed by atoms with van der Waals surface area (Å²) >= 11 is 1.33. The van der Waals surface area contributed by atoms with Crippen LogP contribution < -0.4 is 0 Å².